The molecule has 1 fully saturated rings. The van der Waals surface area contributed by atoms with Crippen LogP contribution in [-0.2, 0) is 9.84 Å². The average molecular weight is 270 g/mol. The van der Waals surface area contributed by atoms with Gasteiger partial charge in [0.25, 0.3) is 0 Å². The van der Waals surface area contributed by atoms with Crippen molar-refractivity contribution >= 4 is 21.5 Å². The third-order valence-electron chi connectivity index (χ3n) is 3.03. The summed E-state index contributed by atoms with van der Waals surface area (Å²) in [6, 6.07) is 1.53. The minimum absolute atomic E-state index is 0.0490. The summed E-state index contributed by atoms with van der Waals surface area (Å²) >= 11 is 0. The number of carboxylic acid groups (broad SMARTS) is 1. The van der Waals surface area contributed by atoms with Crippen molar-refractivity contribution in [3.05, 3.63) is 24.0 Å². The summed E-state index contributed by atoms with van der Waals surface area (Å²) in [4.78, 5) is 14.7. The first-order valence-electron chi connectivity index (χ1n) is 5.63. The minimum Gasteiger partial charge on any atom is -0.478 e. The first-order chi connectivity index (χ1) is 8.50. The molecular formula is C11H14N2O4S. The van der Waals surface area contributed by atoms with Crippen molar-refractivity contribution in [1.29, 1.82) is 0 Å². The molecule has 0 saturated carbocycles. The predicted octanol–water partition coefficient (Wildman–Crippen LogP) is 0.769. The van der Waals surface area contributed by atoms with Crippen LogP contribution in [0.15, 0.2) is 18.5 Å². The maximum atomic E-state index is 11.6. The highest BCUT2D eigenvalue weighted by Gasteiger charge is 2.31. The maximum Gasteiger partial charge on any atom is 0.339 e. The van der Waals surface area contributed by atoms with Gasteiger partial charge in [-0.1, -0.05) is 0 Å². The third-order valence-corrected chi connectivity index (χ3v) is 5.31. The molecule has 7 heteroatoms. The Labute approximate surface area is 105 Å². The van der Waals surface area contributed by atoms with E-state index in [-0.39, 0.29) is 17.9 Å². The number of aromatic carboxylic acids is 1. The molecule has 1 aliphatic rings. The number of nitrogens with zero attached hydrogens (tertiary/aromatic N) is 1. The van der Waals surface area contributed by atoms with Gasteiger partial charge in [-0.15, -0.1) is 0 Å². The Morgan fingerprint density at radius 1 is 1.56 bits per heavy atom. The molecule has 0 aliphatic carbocycles. The van der Waals surface area contributed by atoms with Crippen molar-refractivity contribution < 1.29 is 18.3 Å². The van der Waals surface area contributed by atoms with Crippen LogP contribution in [-0.4, -0.2) is 42.0 Å². The molecule has 0 spiro atoms. The average Bonchev–Trinajstić information content (AvgIpc) is 2.66. The van der Waals surface area contributed by atoms with Crippen molar-refractivity contribution in [2.24, 2.45) is 0 Å². The molecule has 6 nitrogen and oxygen atoms in total. The largest absolute Gasteiger partial charge is 0.478 e. The second-order valence-corrected chi connectivity index (χ2v) is 6.64. The molecule has 1 aliphatic heterocycles. The molecule has 2 N–H and O–H groups in total. The van der Waals surface area contributed by atoms with Gasteiger partial charge in [-0.3, -0.25) is 4.98 Å². The van der Waals surface area contributed by atoms with Crippen molar-refractivity contribution in [2.45, 2.75) is 18.1 Å². The van der Waals surface area contributed by atoms with E-state index in [4.69, 9.17) is 5.11 Å². The lowest BCUT2D eigenvalue weighted by Gasteiger charge is -2.13. The van der Waals surface area contributed by atoms with E-state index in [1.54, 1.807) is 0 Å². The van der Waals surface area contributed by atoms with Crippen LogP contribution in [0.5, 0.6) is 0 Å². The summed E-state index contributed by atoms with van der Waals surface area (Å²) in [5.41, 5.74) is 0.451. The molecule has 1 atom stereocenters. The minimum atomic E-state index is -3.02. The lowest BCUT2D eigenvalue weighted by Crippen LogP contribution is -2.25. The van der Waals surface area contributed by atoms with Crippen LogP contribution in [0, 0.1) is 0 Å². The Bertz CT molecular complexity index is 556. The van der Waals surface area contributed by atoms with Crippen molar-refractivity contribution in [1.82, 2.24) is 4.98 Å². The lowest BCUT2D eigenvalue weighted by molar-refractivity contribution is 0.0697. The number of anilines is 1. The number of carboxylic acids is 1. The first kappa shape index (κ1) is 12.8. The molecule has 1 aromatic rings. The monoisotopic (exact) mass is 270 g/mol. The fourth-order valence-corrected chi connectivity index (χ4v) is 3.80. The molecule has 2 heterocycles. The van der Waals surface area contributed by atoms with Crippen molar-refractivity contribution in [2.75, 3.05) is 17.6 Å². The van der Waals surface area contributed by atoms with E-state index in [0.29, 0.717) is 18.5 Å². The molecule has 98 valence electrons. The lowest BCUT2D eigenvalue weighted by atomic mass is 10.2. The van der Waals surface area contributed by atoms with Crippen LogP contribution >= 0.6 is 0 Å². The van der Waals surface area contributed by atoms with Crippen molar-refractivity contribution in [3.8, 4) is 0 Å². The molecule has 0 radical (unpaired) electrons. The highest BCUT2D eigenvalue weighted by Crippen LogP contribution is 2.21. The summed E-state index contributed by atoms with van der Waals surface area (Å²) in [5.74, 6) is -0.860. The van der Waals surface area contributed by atoms with Gasteiger partial charge >= 0.3 is 5.97 Å². The van der Waals surface area contributed by atoms with Gasteiger partial charge in [-0.25, -0.2) is 13.2 Å². The fourth-order valence-electron chi connectivity index (χ4n) is 2.03. The number of hydrogen-bond acceptors (Lipinski definition) is 5. The molecule has 1 saturated heterocycles. The number of aromatic nitrogens is 1. The molecule has 1 unspecified atom stereocenters. The van der Waals surface area contributed by atoms with Crippen LogP contribution in [0.2, 0.25) is 0 Å². The van der Waals surface area contributed by atoms with Gasteiger partial charge in [0.1, 0.15) is 5.56 Å². The quantitative estimate of drug-likeness (QED) is 0.838. The van der Waals surface area contributed by atoms with Gasteiger partial charge in [-0.2, -0.15) is 0 Å². The highest BCUT2D eigenvalue weighted by atomic mass is 32.2. The number of nitrogens with one attached hydrogen (secondary N) is 1. The van der Waals surface area contributed by atoms with E-state index >= 15 is 0 Å². The molecule has 0 aromatic carbocycles. The van der Waals surface area contributed by atoms with E-state index in [1.165, 1.54) is 18.5 Å². The van der Waals surface area contributed by atoms with Gasteiger partial charge in [0.05, 0.1) is 16.7 Å². The number of sulfone groups is 1. The second-order valence-electron chi connectivity index (χ2n) is 4.24. The number of carbonyl (C=O) groups is 1. The summed E-state index contributed by atoms with van der Waals surface area (Å²) in [6.45, 7) is 0.243. The van der Waals surface area contributed by atoms with E-state index in [1.807, 2.05) is 0 Å². The molecular weight excluding hydrogens is 256 g/mol. The zero-order valence-electron chi connectivity index (χ0n) is 9.67. The Kier molecular flexibility index (Phi) is 3.51. The number of rotatable bonds is 4. The Morgan fingerprint density at radius 3 is 2.94 bits per heavy atom. The van der Waals surface area contributed by atoms with Gasteiger partial charge in [0, 0.05) is 18.9 Å². The van der Waals surface area contributed by atoms with Crippen LogP contribution < -0.4 is 5.32 Å². The van der Waals surface area contributed by atoms with E-state index in [0.717, 1.165) is 0 Å². The molecule has 18 heavy (non-hydrogen) atoms. The van der Waals surface area contributed by atoms with Gasteiger partial charge in [0.15, 0.2) is 9.84 Å². The normalized spacial score (nSPS) is 21.7. The second kappa shape index (κ2) is 4.93. The molecule has 0 amide bonds. The van der Waals surface area contributed by atoms with Gasteiger partial charge in [-0.05, 0) is 18.9 Å². The van der Waals surface area contributed by atoms with Gasteiger partial charge in [0.2, 0.25) is 0 Å². The molecule has 2 rings (SSSR count). The van der Waals surface area contributed by atoms with E-state index in [9.17, 15) is 13.2 Å². The predicted molar refractivity (Wildman–Crippen MR) is 66.5 cm³/mol. The molecule has 1 aromatic heterocycles. The van der Waals surface area contributed by atoms with Crippen LogP contribution in [0.3, 0.4) is 0 Å². The summed E-state index contributed by atoms with van der Waals surface area (Å²) in [5, 5.41) is 11.4. The number of pyridine rings is 1. The summed E-state index contributed by atoms with van der Waals surface area (Å²) in [7, 11) is -3.02. The first-order valence-corrected chi connectivity index (χ1v) is 7.35. The smallest absolute Gasteiger partial charge is 0.339 e. The topological polar surface area (TPSA) is 96.4 Å². The SMILES string of the molecule is O=C(O)c1cnccc1NCC1CCCS1(=O)=O. The third kappa shape index (κ3) is 2.61. The fraction of sp³-hybridized carbons (Fsp3) is 0.455. The summed E-state index contributed by atoms with van der Waals surface area (Å²) < 4.78 is 23.3. The van der Waals surface area contributed by atoms with Crippen LogP contribution in [0.25, 0.3) is 0 Å². The Hall–Kier alpha value is -1.63. The van der Waals surface area contributed by atoms with E-state index < -0.39 is 21.1 Å². The van der Waals surface area contributed by atoms with Crippen LogP contribution in [0.4, 0.5) is 5.69 Å². The zero-order valence-corrected chi connectivity index (χ0v) is 10.5. The number of hydrogen-bond donors (Lipinski definition) is 2. The van der Waals surface area contributed by atoms with E-state index in [2.05, 4.69) is 10.3 Å². The van der Waals surface area contributed by atoms with Crippen LogP contribution in [0.1, 0.15) is 23.2 Å². The maximum absolute atomic E-state index is 11.6. The molecule has 0 bridgehead atoms. The van der Waals surface area contributed by atoms with Gasteiger partial charge < -0.3 is 10.4 Å². The summed E-state index contributed by atoms with van der Waals surface area (Å²) in [6.07, 6.45) is 4.02. The highest BCUT2D eigenvalue weighted by molar-refractivity contribution is 7.92. The Morgan fingerprint density at radius 2 is 2.33 bits per heavy atom. The van der Waals surface area contributed by atoms with Crippen molar-refractivity contribution in [3.63, 3.8) is 0 Å². The Balaban J connectivity index is 2.09. The zero-order chi connectivity index (χ0) is 13.2. The standard InChI is InChI=1S/C11H14N2O4S/c14-11(15)9-7-12-4-3-10(9)13-6-8-2-1-5-18(8,16)17/h3-4,7-8H,1-2,5-6H2,(H,12,13)(H,14,15).